The molecule has 0 saturated carbocycles. The van der Waals surface area contributed by atoms with E-state index in [1.165, 1.54) is 4.90 Å². The van der Waals surface area contributed by atoms with Gasteiger partial charge >= 0.3 is 5.91 Å². The lowest BCUT2D eigenvalue weighted by Gasteiger charge is -2.28. The number of carbonyl (C=O) groups is 2. The molecule has 0 spiro atoms. The summed E-state index contributed by atoms with van der Waals surface area (Å²) in [5, 5.41) is 11.4. The number of aromatic amines is 1. The summed E-state index contributed by atoms with van der Waals surface area (Å²) in [6, 6.07) is 15.0. The number of likely N-dealkylation sites (N-methyl/N-ethyl adjacent to an activating group) is 1. The molecule has 1 fully saturated rings. The van der Waals surface area contributed by atoms with E-state index in [-0.39, 0.29) is 17.3 Å². The van der Waals surface area contributed by atoms with Crippen molar-refractivity contribution in [1.29, 1.82) is 0 Å². The van der Waals surface area contributed by atoms with E-state index in [2.05, 4.69) is 9.97 Å². The predicted octanol–water partition coefficient (Wildman–Crippen LogP) is 3.92. The molecule has 0 bridgehead atoms. The number of aromatic nitrogens is 2. The Labute approximate surface area is 200 Å². The van der Waals surface area contributed by atoms with E-state index in [1.807, 2.05) is 36.2 Å². The van der Waals surface area contributed by atoms with Gasteiger partial charge in [0.15, 0.2) is 0 Å². The van der Waals surface area contributed by atoms with E-state index in [4.69, 9.17) is 9.15 Å². The number of para-hydroxylation sites is 2. The molecular formula is C26H22N4O5. The van der Waals surface area contributed by atoms with Gasteiger partial charge in [-0.2, -0.15) is 0 Å². The first-order chi connectivity index (χ1) is 16.9. The molecule has 1 amide bonds. The van der Waals surface area contributed by atoms with E-state index in [1.54, 1.807) is 37.3 Å². The summed E-state index contributed by atoms with van der Waals surface area (Å²) < 4.78 is 11.5. The van der Waals surface area contributed by atoms with Crippen LogP contribution in [0.1, 0.15) is 23.1 Å². The Balaban J connectivity index is 1.53. The Morgan fingerprint density at radius 1 is 1.14 bits per heavy atom. The predicted molar refractivity (Wildman–Crippen MR) is 130 cm³/mol. The number of H-pyrrole nitrogens is 1. The van der Waals surface area contributed by atoms with Gasteiger partial charge in [0.05, 0.1) is 28.8 Å². The minimum Gasteiger partial charge on any atom is -0.507 e. The van der Waals surface area contributed by atoms with Gasteiger partial charge in [-0.3, -0.25) is 14.5 Å². The van der Waals surface area contributed by atoms with Crippen LogP contribution in [0.25, 0.3) is 16.8 Å². The van der Waals surface area contributed by atoms with Crippen molar-refractivity contribution < 1.29 is 23.8 Å². The Kier molecular flexibility index (Phi) is 4.67. The number of imidazole rings is 1. The highest BCUT2D eigenvalue weighted by Crippen LogP contribution is 2.43. The van der Waals surface area contributed by atoms with Crippen LogP contribution >= 0.6 is 0 Å². The third-order valence-electron chi connectivity index (χ3n) is 6.41. The molecule has 4 heterocycles. The fraction of sp³-hybridized carbons (Fsp3) is 0.192. The van der Waals surface area contributed by atoms with Gasteiger partial charge in [0.1, 0.15) is 35.7 Å². The maximum absolute atomic E-state index is 13.3. The number of fused-ring (bicyclic) bond motifs is 2. The average molecular weight is 470 g/mol. The quantitative estimate of drug-likeness (QED) is 0.265. The zero-order valence-electron chi connectivity index (χ0n) is 19.1. The number of hydrogen-bond donors (Lipinski definition) is 2. The van der Waals surface area contributed by atoms with Crippen molar-refractivity contribution >= 4 is 40.1 Å². The minimum atomic E-state index is -0.991. The highest BCUT2D eigenvalue weighted by Gasteiger charge is 2.49. The number of carbonyl (C=O) groups excluding carboxylic acids is 2. The molecule has 1 unspecified atom stereocenters. The number of aliphatic hydroxyl groups is 1. The van der Waals surface area contributed by atoms with E-state index in [0.29, 0.717) is 41.5 Å². The number of anilines is 2. The lowest BCUT2D eigenvalue weighted by Crippen LogP contribution is -2.30. The zero-order chi connectivity index (χ0) is 24.3. The molecule has 1 saturated heterocycles. The largest absolute Gasteiger partial charge is 0.507 e. The number of aliphatic hydroxyl groups excluding tert-OH is 1. The van der Waals surface area contributed by atoms with Crippen LogP contribution in [0.15, 0.2) is 64.6 Å². The minimum absolute atomic E-state index is 0.0656. The molecule has 1 atom stereocenters. The van der Waals surface area contributed by atoms with Crippen molar-refractivity contribution in [3.63, 3.8) is 0 Å². The summed E-state index contributed by atoms with van der Waals surface area (Å²) in [6.45, 7) is 3.03. The second-order valence-corrected chi connectivity index (χ2v) is 8.65. The number of benzene rings is 2. The van der Waals surface area contributed by atoms with Crippen molar-refractivity contribution in [2.45, 2.75) is 13.0 Å². The number of nitrogens with zero attached hydrogens (tertiary/aromatic N) is 3. The Morgan fingerprint density at radius 2 is 1.97 bits per heavy atom. The molecule has 9 nitrogen and oxygen atoms in total. The summed E-state index contributed by atoms with van der Waals surface area (Å²) in [6.07, 6.45) is 0. The normalized spacial score (nSPS) is 19.3. The van der Waals surface area contributed by atoms with E-state index in [0.717, 1.165) is 11.2 Å². The number of furan rings is 1. The number of amides is 1. The number of nitrogens with one attached hydrogen (secondary N) is 1. The molecule has 2 aromatic carbocycles. The Bertz CT molecular complexity index is 1500. The molecule has 2 aromatic heterocycles. The summed E-state index contributed by atoms with van der Waals surface area (Å²) >= 11 is 0. The average Bonchev–Trinajstić information content (AvgIpc) is 3.54. The van der Waals surface area contributed by atoms with Crippen LogP contribution < -0.4 is 14.5 Å². The van der Waals surface area contributed by atoms with Crippen LogP contribution in [0.3, 0.4) is 0 Å². The number of Topliss-reactive ketones (excluding diaryl/α,β-unsaturated/α-hetero) is 1. The van der Waals surface area contributed by atoms with Gasteiger partial charge in [0.2, 0.25) is 5.95 Å². The first-order valence-corrected chi connectivity index (χ1v) is 11.2. The smallest absolute Gasteiger partial charge is 0.302 e. The lowest BCUT2D eigenvalue weighted by molar-refractivity contribution is -0.132. The Hall–Kier alpha value is -4.53. The molecule has 0 radical (unpaired) electrons. The molecular weight excluding hydrogens is 448 g/mol. The van der Waals surface area contributed by atoms with Gasteiger partial charge in [-0.25, -0.2) is 4.98 Å². The van der Waals surface area contributed by atoms with Gasteiger partial charge in [-0.05, 0) is 49.4 Å². The topological polar surface area (TPSA) is 112 Å². The molecule has 4 aromatic rings. The third-order valence-corrected chi connectivity index (χ3v) is 6.41. The molecule has 2 N–H and O–H groups in total. The lowest BCUT2D eigenvalue weighted by atomic mass is 9.98. The van der Waals surface area contributed by atoms with Crippen molar-refractivity contribution in [1.82, 2.24) is 9.97 Å². The second kappa shape index (κ2) is 7.76. The van der Waals surface area contributed by atoms with Crippen LogP contribution in [0, 0.1) is 6.92 Å². The standard InChI is InChI=1S/C26H22N4O5/c1-14-7-9-20(35-14)22-21(23(31)15-8-10-19-18(13-15)29(2)11-12-34-19)24(32)25(33)30(22)26-27-16-5-3-4-6-17(16)28-26/h3-10,13,22,31H,11-12H2,1-2H3,(H,27,28)/b23-21+. The van der Waals surface area contributed by atoms with Crippen molar-refractivity contribution in [2.75, 3.05) is 30.0 Å². The number of hydrogen-bond acceptors (Lipinski definition) is 7. The van der Waals surface area contributed by atoms with E-state index in [9.17, 15) is 14.7 Å². The molecule has 2 aliphatic rings. The van der Waals surface area contributed by atoms with Gasteiger partial charge in [0.25, 0.3) is 5.78 Å². The SMILES string of the molecule is Cc1ccc(C2/C(=C(\O)c3ccc4c(c3)N(C)CCO4)C(=O)C(=O)N2c2nc3ccccc3[nH]2)o1. The maximum atomic E-state index is 13.3. The third kappa shape index (κ3) is 3.27. The molecule has 0 aliphatic carbocycles. The number of aryl methyl sites for hydroxylation is 1. The van der Waals surface area contributed by atoms with Crippen LogP contribution in [-0.4, -0.2) is 47.0 Å². The summed E-state index contributed by atoms with van der Waals surface area (Å²) in [5.74, 6) is -0.0544. The highest BCUT2D eigenvalue weighted by atomic mass is 16.5. The van der Waals surface area contributed by atoms with Crippen LogP contribution in [-0.2, 0) is 9.59 Å². The molecule has 35 heavy (non-hydrogen) atoms. The second-order valence-electron chi connectivity index (χ2n) is 8.65. The van der Waals surface area contributed by atoms with E-state index < -0.39 is 17.7 Å². The monoisotopic (exact) mass is 470 g/mol. The highest BCUT2D eigenvalue weighted by molar-refractivity contribution is 6.51. The first-order valence-electron chi connectivity index (χ1n) is 11.2. The van der Waals surface area contributed by atoms with Gasteiger partial charge in [-0.1, -0.05) is 12.1 Å². The number of ketones is 1. The van der Waals surface area contributed by atoms with Crippen molar-refractivity contribution in [2.24, 2.45) is 0 Å². The van der Waals surface area contributed by atoms with Gasteiger partial charge in [-0.15, -0.1) is 0 Å². The molecule has 2 aliphatic heterocycles. The molecule has 176 valence electrons. The summed E-state index contributed by atoms with van der Waals surface area (Å²) in [4.78, 5) is 37.5. The fourth-order valence-electron chi connectivity index (χ4n) is 4.63. The summed E-state index contributed by atoms with van der Waals surface area (Å²) in [7, 11) is 1.93. The number of ether oxygens (including phenoxy) is 1. The Morgan fingerprint density at radius 3 is 2.74 bits per heavy atom. The fourth-order valence-corrected chi connectivity index (χ4v) is 4.63. The van der Waals surface area contributed by atoms with Gasteiger partial charge in [0, 0.05) is 12.6 Å². The van der Waals surface area contributed by atoms with Crippen LogP contribution in [0.4, 0.5) is 11.6 Å². The van der Waals surface area contributed by atoms with Crippen LogP contribution in [0.5, 0.6) is 5.75 Å². The van der Waals surface area contributed by atoms with Crippen LogP contribution in [0.2, 0.25) is 0 Å². The van der Waals surface area contributed by atoms with E-state index >= 15 is 0 Å². The van der Waals surface area contributed by atoms with Gasteiger partial charge < -0.3 is 24.1 Å². The van der Waals surface area contributed by atoms with Crippen molar-refractivity contribution in [3.05, 3.63) is 77.3 Å². The zero-order valence-corrected chi connectivity index (χ0v) is 19.1. The first kappa shape index (κ1) is 21.0. The maximum Gasteiger partial charge on any atom is 0.302 e. The number of rotatable bonds is 3. The van der Waals surface area contributed by atoms with Crippen molar-refractivity contribution in [3.8, 4) is 5.75 Å². The molecule has 6 rings (SSSR count). The summed E-state index contributed by atoms with van der Waals surface area (Å²) in [5.41, 5.74) is 2.49. The molecule has 9 heteroatoms.